The Morgan fingerprint density at radius 2 is 2.06 bits per heavy atom. The van der Waals surface area contributed by atoms with E-state index < -0.39 is 11.9 Å². The number of nitrogens with one attached hydrogen (secondary N) is 4. The number of carbonyl (C=O) groups is 2. The van der Waals surface area contributed by atoms with Gasteiger partial charge in [0.1, 0.15) is 6.33 Å². The molecule has 0 aliphatic heterocycles. The molecule has 0 fully saturated rings. The van der Waals surface area contributed by atoms with Crippen molar-refractivity contribution in [3.05, 3.63) is 36.3 Å². The SMILES string of the molecule is C#CCNC(=O)Nc1cc(Nc2cccc(-c3ncn(C)n3)c2OC)c(C(=O)NC)nn1. The molecule has 32 heavy (non-hydrogen) atoms. The van der Waals surface area contributed by atoms with Gasteiger partial charge in [-0.25, -0.2) is 9.78 Å². The summed E-state index contributed by atoms with van der Waals surface area (Å²) >= 11 is 0. The van der Waals surface area contributed by atoms with Gasteiger partial charge in [0.15, 0.2) is 23.1 Å². The van der Waals surface area contributed by atoms with E-state index in [-0.39, 0.29) is 23.7 Å². The van der Waals surface area contributed by atoms with Gasteiger partial charge >= 0.3 is 6.03 Å². The van der Waals surface area contributed by atoms with Gasteiger partial charge < -0.3 is 20.7 Å². The summed E-state index contributed by atoms with van der Waals surface area (Å²) in [5.41, 5.74) is 1.48. The van der Waals surface area contributed by atoms with Crippen LogP contribution in [0.4, 0.5) is 22.0 Å². The fraction of sp³-hybridized carbons (Fsp3) is 0.200. The molecular formula is C20H21N9O3. The number of ether oxygens (including phenoxy) is 1. The van der Waals surface area contributed by atoms with E-state index in [2.05, 4.69) is 47.5 Å². The van der Waals surface area contributed by atoms with E-state index in [1.54, 1.807) is 30.2 Å². The summed E-state index contributed by atoms with van der Waals surface area (Å²) in [6.45, 7) is 0.0479. The number of aromatic nitrogens is 5. The van der Waals surface area contributed by atoms with Crippen molar-refractivity contribution in [1.82, 2.24) is 35.6 Å². The van der Waals surface area contributed by atoms with Crippen LogP contribution in [0.3, 0.4) is 0 Å². The van der Waals surface area contributed by atoms with Crippen molar-refractivity contribution in [3.8, 4) is 29.5 Å². The summed E-state index contributed by atoms with van der Waals surface area (Å²) in [4.78, 5) is 28.5. The first kappa shape index (κ1) is 22.0. The van der Waals surface area contributed by atoms with Crippen molar-refractivity contribution < 1.29 is 14.3 Å². The molecule has 0 atom stereocenters. The molecule has 2 heterocycles. The van der Waals surface area contributed by atoms with Crippen LogP contribution in [0.5, 0.6) is 5.75 Å². The van der Waals surface area contributed by atoms with Gasteiger partial charge in [0.25, 0.3) is 5.91 Å². The van der Waals surface area contributed by atoms with Crippen LogP contribution in [0.15, 0.2) is 30.6 Å². The van der Waals surface area contributed by atoms with E-state index >= 15 is 0 Å². The second-order valence-electron chi connectivity index (χ2n) is 6.34. The lowest BCUT2D eigenvalue weighted by atomic mass is 10.1. The second kappa shape index (κ2) is 9.90. The number of hydrogen-bond acceptors (Lipinski definition) is 8. The highest BCUT2D eigenvalue weighted by Crippen LogP contribution is 2.37. The van der Waals surface area contributed by atoms with Gasteiger partial charge in [-0.3, -0.25) is 14.8 Å². The Morgan fingerprint density at radius 1 is 1.25 bits per heavy atom. The van der Waals surface area contributed by atoms with Crippen molar-refractivity contribution in [2.75, 3.05) is 31.3 Å². The fourth-order valence-electron chi connectivity index (χ4n) is 2.77. The van der Waals surface area contributed by atoms with Crippen molar-refractivity contribution in [3.63, 3.8) is 0 Å². The molecule has 0 radical (unpaired) electrons. The van der Waals surface area contributed by atoms with Gasteiger partial charge in [-0.05, 0) is 12.1 Å². The summed E-state index contributed by atoms with van der Waals surface area (Å²) in [5.74, 6) is 2.86. The fourth-order valence-corrected chi connectivity index (χ4v) is 2.77. The quantitative estimate of drug-likeness (QED) is 0.404. The number of aryl methyl sites for hydroxylation is 1. The molecule has 0 saturated heterocycles. The number of methoxy groups -OCH3 is 1. The van der Waals surface area contributed by atoms with E-state index in [1.807, 2.05) is 6.07 Å². The number of anilines is 3. The van der Waals surface area contributed by atoms with Gasteiger partial charge in [0, 0.05) is 20.2 Å². The molecule has 0 unspecified atom stereocenters. The highest BCUT2D eigenvalue weighted by Gasteiger charge is 2.19. The summed E-state index contributed by atoms with van der Waals surface area (Å²) < 4.78 is 7.17. The number of terminal acetylenes is 1. The molecule has 0 aliphatic carbocycles. The predicted molar refractivity (Wildman–Crippen MR) is 118 cm³/mol. The maximum absolute atomic E-state index is 12.3. The Kier molecular flexibility index (Phi) is 6.81. The Morgan fingerprint density at radius 3 is 2.72 bits per heavy atom. The van der Waals surface area contributed by atoms with E-state index in [4.69, 9.17) is 11.2 Å². The van der Waals surface area contributed by atoms with Crippen LogP contribution in [0.25, 0.3) is 11.4 Å². The normalized spacial score (nSPS) is 10.1. The lowest BCUT2D eigenvalue weighted by Gasteiger charge is -2.16. The average molecular weight is 435 g/mol. The van der Waals surface area contributed by atoms with E-state index in [9.17, 15) is 9.59 Å². The molecule has 0 spiro atoms. The van der Waals surface area contributed by atoms with Crippen LogP contribution in [-0.4, -0.2) is 57.6 Å². The van der Waals surface area contributed by atoms with Crippen LogP contribution in [0.1, 0.15) is 10.5 Å². The van der Waals surface area contributed by atoms with E-state index in [0.29, 0.717) is 22.8 Å². The third-order valence-electron chi connectivity index (χ3n) is 4.16. The van der Waals surface area contributed by atoms with Crippen LogP contribution in [-0.2, 0) is 7.05 Å². The van der Waals surface area contributed by atoms with Gasteiger partial charge in [-0.2, -0.15) is 5.10 Å². The summed E-state index contributed by atoms with van der Waals surface area (Å²) in [7, 11) is 4.75. The number of para-hydroxylation sites is 1. The molecule has 3 aromatic rings. The molecule has 3 rings (SSSR count). The lowest BCUT2D eigenvalue weighted by molar-refractivity contribution is 0.0958. The van der Waals surface area contributed by atoms with Crippen molar-refractivity contribution >= 4 is 29.1 Å². The minimum atomic E-state index is -0.559. The molecular weight excluding hydrogens is 414 g/mol. The number of urea groups is 1. The second-order valence-corrected chi connectivity index (χ2v) is 6.34. The standard InChI is InChI=1S/C20H21N9O3/c1-5-9-22-20(31)25-15-10-14(16(27-26-15)19(30)21-2)24-13-8-6-7-12(17(13)32-4)18-23-11-29(3)28-18/h1,6-8,10-11H,9H2,2-4H3,(H,21,30)(H3,22,24,25,26,31). The van der Waals surface area contributed by atoms with Gasteiger partial charge in [-0.1, -0.05) is 12.0 Å². The summed E-state index contributed by atoms with van der Waals surface area (Å²) in [6.07, 6.45) is 6.71. The molecule has 0 bridgehead atoms. The molecule has 0 aliphatic rings. The average Bonchev–Trinajstić information content (AvgIpc) is 3.23. The molecule has 4 N–H and O–H groups in total. The van der Waals surface area contributed by atoms with Crippen molar-refractivity contribution in [2.45, 2.75) is 0 Å². The molecule has 12 nitrogen and oxygen atoms in total. The zero-order valence-electron chi connectivity index (χ0n) is 17.6. The number of carbonyl (C=O) groups excluding carboxylic acids is 2. The Hall–Kier alpha value is -4.66. The first-order chi connectivity index (χ1) is 15.5. The minimum absolute atomic E-state index is 0.0190. The number of hydrogen-bond donors (Lipinski definition) is 4. The van der Waals surface area contributed by atoms with Crippen LogP contribution >= 0.6 is 0 Å². The topological polar surface area (TPSA) is 148 Å². The molecule has 0 saturated carbocycles. The summed E-state index contributed by atoms with van der Waals surface area (Å²) in [5, 5.41) is 22.7. The first-order valence-corrected chi connectivity index (χ1v) is 9.35. The lowest BCUT2D eigenvalue weighted by Crippen LogP contribution is -2.29. The van der Waals surface area contributed by atoms with Crippen molar-refractivity contribution in [2.24, 2.45) is 7.05 Å². The van der Waals surface area contributed by atoms with E-state index in [1.165, 1.54) is 20.2 Å². The highest BCUT2D eigenvalue weighted by molar-refractivity contribution is 5.99. The van der Waals surface area contributed by atoms with Gasteiger partial charge in [0.2, 0.25) is 0 Å². The van der Waals surface area contributed by atoms with Crippen LogP contribution in [0, 0.1) is 12.3 Å². The van der Waals surface area contributed by atoms with Crippen molar-refractivity contribution in [1.29, 1.82) is 0 Å². The smallest absolute Gasteiger partial charge is 0.321 e. The largest absolute Gasteiger partial charge is 0.494 e. The molecule has 164 valence electrons. The third-order valence-corrected chi connectivity index (χ3v) is 4.16. The molecule has 2 aromatic heterocycles. The molecule has 1 aromatic carbocycles. The maximum atomic E-state index is 12.3. The zero-order valence-corrected chi connectivity index (χ0v) is 17.6. The van der Waals surface area contributed by atoms with Gasteiger partial charge in [-0.15, -0.1) is 16.6 Å². The monoisotopic (exact) mass is 435 g/mol. The summed E-state index contributed by atoms with van der Waals surface area (Å²) in [6, 6.07) is 6.27. The maximum Gasteiger partial charge on any atom is 0.321 e. The van der Waals surface area contributed by atoms with Crippen LogP contribution in [0.2, 0.25) is 0 Å². The number of benzene rings is 1. The Balaban J connectivity index is 1.99. The third kappa shape index (κ3) is 4.90. The highest BCUT2D eigenvalue weighted by atomic mass is 16.5. The molecule has 3 amide bonds. The van der Waals surface area contributed by atoms with Gasteiger partial charge in [0.05, 0.1) is 30.6 Å². The first-order valence-electron chi connectivity index (χ1n) is 9.35. The Bertz CT molecular complexity index is 1180. The van der Waals surface area contributed by atoms with E-state index in [0.717, 1.165) is 0 Å². The zero-order chi connectivity index (χ0) is 23.1. The van der Waals surface area contributed by atoms with Crippen LogP contribution < -0.4 is 26.0 Å². The number of nitrogens with zero attached hydrogens (tertiary/aromatic N) is 5. The minimum Gasteiger partial charge on any atom is -0.494 e. The molecule has 12 heteroatoms. The predicted octanol–water partition coefficient (Wildman–Crippen LogP) is 1.14. The number of rotatable bonds is 7. The Labute approximate surface area is 183 Å². The number of amides is 3.